The standard InChI is InChI=1S/C12H12ClN5O3/c1-17-7-8(6-16-17)2-4-15-12(19)9-3-5-14-11(13)10(9)18(20)21/h3,5-7H,2,4H2,1H3,(H,15,19). The van der Waals surface area contributed by atoms with Crippen LogP contribution in [0.5, 0.6) is 0 Å². The molecule has 0 aliphatic carbocycles. The van der Waals surface area contributed by atoms with Crippen LogP contribution in [0.2, 0.25) is 5.15 Å². The van der Waals surface area contributed by atoms with Crippen LogP contribution in [0.3, 0.4) is 0 Å². The molecule has 0 aliphatic heterocycles. The maximum Gasteiger partial charge on any atom is 0.319 e. The smallest absolute Gasteiger partial charge is 0.319 e. The van der Waals surface area contributed by atoms with Gasteiger partial charge in [-0.2, -0.15) is 5.10 Å². The quantitative estimate of drug-likeness (QED) is 0.510. The van der Waals surface area contributed by atoms with Crippen molar-refractivity contribution in [1.29, 1.82) is 0 Å². The number of halogens is 1. The number of nitrogens with one attached hydrogen (secondary N) is 1. The topological polar surface area (TPSA) is 103 Å². The van der Waals surface area contributed by atoms with Gasteiger partial charge in [0.05, 0.1) is 11.1 Å². The van der Waals surface area contributed by atoms with E-state index in [2.05, 4.69) is 15.4 Å². The largest absolute Gasteiger partial charge is 0.351 e. The summed E-state index contributed by atoms with van der Waals surface area (Å²) in [4.78, 5) is 25.8. The predicted molar refractivity (Wildman–Crippen MR) is 75.1 cm³/mol. The predicted octanol–water partition coefficient (Wildman–Crippen LogP) is 1.35. The van der Waals surface area contributed by atoms with Crippen molar-refractivity contribution in [1.82, 2.24) is 20.1 Å². The first-order chi connectivity index (χ1) is 9.99. The van der Waals surface area contributed by atoms with Crippen LogP contribution in [0.4, 0.5) is 5.69 Å². The second-order valence-electron chi connectivity index (χ2n) is 4.28. The van der Waals surface area contributed by atoms with Gasteiger partial charge in [-0.1, -0.05) is 11.6 Å². The molecule has 2 aromatic rings. The molecule has 0 saturated heterocycles. The Morgan fingerprint density at radius 3 is 2.95 bits per heavy atom. The Balaban J connectivity index is 2.04. The number of carbonyl (C=O) groups is 1. The van der Waals surface area contributed by atoms with Crippen LogP contribution >= 0.6 is 11.6 Å². The summed E-state index contributed by atoms with van der Waals surface area (Å²) in [7, 11) is 1.80. The van der Waals surface area contributed by atoms with Gasteiger partial charge in [0.25, 0.3) is 5.91 Å². The lowest BCUT2D eigenvalue weighted by molar-refractivity contribution is -0.385. The van der Waals surface area contributed by atoms with E-state index in [9.17, 15) is 14.9 Å². The van der Waals surface area contributed by atoms with Crippen LogP contribution in [-0.4, -0.2) is 32.1 Å². The Kier molecular flexibility index (Phi) is 4.49. The lowest BCUT2D eigenvalue weighted by Gasteiger charge is -2.05. The minimum Gasteiger partial charge on any atom is -0.351 e. The minimum absolute atomic E-state index is 0.105. The average Bonchev–Trinajstić information content (AvgIpc) is 2.83. The van der Waals surface area contributed by atoms with Gasteiger partial charge in [-0.25, -0.2) is 4.98 Å². The van der Waals surface area contributed by atoms with Crippen LogP contribution in [0.25, 0.3) is 0 Å². The fraction of sp³-hybridized carbons (Fsp3) is 0.250. The van der Waals surface area contributed by atoms with Crippen molar-refractivity contribution in [3.05, 3.63) is 51.1 Å². The number of aromatic nitrogens is 3. The normalized spacial score (nSPS) is 10.4. The number of nitrogens with zero attached hydrogens (tertiary/aromatic N) is 4. The third-order valence-electron chi connectivity index (χ3n) is 2.76. The van der Waals surface area contributed by atoms with Gasteiger partial charge in [0, 0.05) is 26.0 Å². The maximum absolute atomic E-state index is 12.0. The number of carbonyl (C=O) groups excluding carboxylic acids is 1. The van der Waals surface area contributed by atoms with E-state index < -0.39 is 16.5 Å². The van der Waals surface area contributed by atoms with Crippen molar-refractivity contribution in [3.63, 3.8) is 0 Å². The number of pyridine rings is 1. The first-order valence-electron chi connectivity index (χ1n) is 6.03. The number of amides is 1. The Labute approximate surface area is 124 Å². The molecule has 0 aromatic carbocycles. The highest BCUT2D eigenvalue weighted by Gasteiger charge is 2.24. The Hall–Kier alpha value is -2.48. The van der Waals surface area contributed by atoms with E-state index in [4.69, 9.17) is 11.6 Å². The molecular formula is C12H12ClN5O3. The van der Waals surface area contributed by atoms with E-state index in [-0.39, 0.29) is 10.7 Å². The van der Waals surface area contributed by atoms with Crippen molar-refractivity contribution in [2.75, 3.05) is 6.54 Å². The molecule has 0 spiro atoms. The van der Waals surface area contributed by atoms with Gasteiger partial charge in [-0.15, -0.1) is 0 Å². The van der Waals surface area contributed by atoms with Gasteiger partial charge in [-0.05, 0) is 18.1 Å². The molecule has 9 heteroatoms. The van der Waals surface area contributed by atoms with E-state index in [1.807, 2.05) is 6.20 Å². The third-order valence-corrected chi connectivity index (χ3v) is 3.04. The summed E-state index contributed by atoms with van der Waals surface area (Å²) in [6, 6.07) is 1.27. The summed E-state index contributed by atoms with van der Waals surface area (Å²) in [5.74, 6) is -0.560. The lowest BCUT2D eigenvalue weighted by Crippen LogP contribution is -2.26. The number of hydrogen-bond acceptors (Lipinski definition) is 5. The summed E-state index contributed by atoms with van der Waals surface area (Å²) >= 11 is 5.66. The summed E-state index contributed by atoms with van der Waals surface area (Å²) in [6.45, 7) is 0.335. The van der Waals surface area contributed by atoms with Gasteiger partial charge in [-0.3, -0.25) is 19.6 Å². The molecule has 2 rings (SSSR count). The van der Waals surface area contributed by atoms with Crippen LogP contribution in [0, 0.1) is 10.1 Å². The van der Waals surface area contributed by atoms with Crippen molar-refractivity contribution < 1.29 is 9.72 Å². The lowest BCUT2D eigenvalue weighted by atomic mass is 10.2. The molecule has 2 aromatic heterocycles. The van der Waals surface area contributed by atoms with Gasteiger partial charge in [0.1, 0.15) is 5.56 Å². The zero-order valence-electron chi connectivity index (χ0n) is 11.1. The van der Waals surface area contributed by atoms with Crippen molar-refractivity contribution in [2.24, 2.45) is 7.05 Å². The molecule has 1 amide bonds. The molecule has 0 bridgehead atoms. The van der Waals surface area contributed by atoms with Crippen molar-refractivity contribution >= 4 is 23.2 Å². The molecule has 0 aliphatic rings. The first kappa shape index (κ1) is 14.9. The van der Waals surface area contributed by atoms with Crippen LogP contribution in [0.15, 0.2) is 24.7 Å². The molecule has 0 atom stereocenters. The summed E-state index contributed by atoms with van der Waals surface area (Å²) in [5.41, 5.74) is 0.365. The fourth-order valence-electron chi connectivity index (χ4n) is 1.80. The van der Waals surface area contributed by atoms with E-state index in [1.165, 1.54) is 12.3 Å². The Morgan fingerprint density at radius 1 is 1.57 bits per heavy atom. The average molecular weight is 310 g/mol. The summed E-state index contributed by atoms with van der Waals surface area (Å²) in [5, 5.41) is 17.3. The zero-order valence-corrected chi connectivity index (χ0v) is 11.9. The SMILES string of the molecule is Cn1cc(CCNC(=O)c2ccnc(Cl)c2[N+](=O)[O-])cn1. The van der Waals surface area contributed by atoms with E-state index in [0.29, 0.717) is 13.0 Å². The Morgan fingerprint density at radius 2 is 2.33 bits per heavy atom. The number of hydrogen-bond donors (Lipinski definition) is 1. The van der Waals surface area contributed by atoms with Gasteiger partial charge >= 0.3 is 5.69 Å². The third kappa shape index (κ3) is 3.54. The second-order valence-corrected chi connectivity index (χ2v) is 4.64. The minimum atomic E-state index is -0.717. The molecule has 8 nitrogen and oxygen atoms in total. The van der Waals surface area contributed by atoms with Gasteiger partial charge < -0.3 is 5.32 Å². The van der Waals surface area contributed by atoms with Gasteiger partial charge in [0.15, 0.2) is 0 Å². The van der Waals surface area contributed by atoms with Crippen LogP contribution in [-0.2, 0) is 13.5 Å². The molecular weight excluding hydrogens is 298 g/mol. The molecule has 1 N–H and O–H groups in total. The zero-order chi connectivity index (χ0) is 15.4. The Bertz CT molecular complexity index is 685. The molecule has 0 radical (unpaired) electrons. The molecule has 0 fully saturated rings. The van der Waals surface area contributed by atoms with Crippen LogP contribution < -0.4 is 5.32 Å². The van der Waals surface area contributed by atoms with E-state index >= 15 is 0 Å². The second kappa shape index (κ2) is 6.31. The van der Waals surface area contributed by atoms with Crippen molar-refractivity contribution in [2.45, 2.75) is 6.42 Å². The van der Waals surface area contributed by atoms with E-state index in [0.717, 1.165) is 5.56 Å². The highest BCUT2D eigenvalue weighted by Crippen LogP contribution is 2.25. The van der Waals surface area contributed by atoms with Crippen LogP contribution in [0.1, 0.15) is 15.9 Å². The molecule has 21 heavy (non-hydrogen) atoms. The number of aryl methyl sites for hydroxylation is 1. The fourth-order valence-corrected chi connectivity index (χ4v) is 2.03. The van der Waals surface area contributed by atoms with Gasteiger partial charge in [0.2, 0.25) is 5.15 Å². The number of nitro groups is 1. The van der Waals surface area contributed by atoms with Crippen molar-refractivity contribution in [3.8, 4) is 0 Å². The first-order valence-corrected chi connectivity index (χ1v) is 6.41. The highest BCUT2D eigenvalue weighted by molar-refractivity contribution is 6.32. The summed E-state index contributed by atoms with van der Waals surface area (Å²) in [6.07, 6.45) is 5.35. The maximum atomic E-state index is 12.0. The number of rotatable bonds is 5. The monoisotopic (exact) mass is 309 g/mol. The van der Waals surface area contributed by atoms with E-state index in [1.54, 1.807) is 17.9 Å². The molecule has 0 unspecified atom stereocenters. The molecule has 110 valence electrons. The molecule has 2 heterocycles. The molecule has 0 saturated carbocycles. The summed E-state index contributed by atoms with van der Waals surface area (Å²) < 4.78 is 1.66. The highest BCUT2D eigenvalue weighted by atomic mass is 35.5.